The summed E-state index contributed by atoms with van der Waals surface area (Å²) in [7, 11) is 1.64. The van der Waals surface area contributed by atoms with Crippen molar-refractivity contribution in [2.75, 3.05) is 20.3 Å². The lowest BCUT2D eigenvalue weighted by molar-refractivity contribution is -0.143. The first kappa shape index (κ1) is 24.4. The van der Waals surface area contributed by atoms with Gasteiger partial charge in [0.1, 0.15) is 11.5 Å². The van der Waals surface area contributed by atoms with Crippen molar-refractivity contribution in [1.29, 1.82) is 0 Å². The molecule has 0 bridgehead atoms. The average molecular weight is 472 g/mol. The van der Waals surface area contributed by atoms with Crippen molar-refractivity contribution < 1.29 is 24.1 Å². The summed E-state index contributed by atoms with van der Waals surface area (Å²) in [5.74, 6) is 1.36. The molecule has 0 saturated carbocycles. The van der Waals surface area contributed by atoms with Gasteiger partial charge in [0.05, 0.1) is 25.2 Å². The number of methoxy groups -OCH3 is 1. The van der Waals surface area contributed by atoms with Gasteiger partial charge in [0, 0.05) is 18.8 Å². The molecular formula is C25H29NO6S. The first-order valence-corrected chi connectivity index (χ1v) is 11.7. The van der Waals surface area contributed by atoms with E-state index in [2.05, 4.69) is 4.98 Å². The summed E-state index contributed by atoms with van der Waals surface area (Å²) in [5.41, 5.74) is 2.07. The SMILES string of the molecule is CCC(=O)OCCCC(COc1ccc(Cc2sc(=O)[nH]c2O)cc1)c1cccc(OC)c1. The topological polar surface area (TPSA) is 97.9 Å². The van der Waals surface area contributed by atoms with Crippen LogP contribution in [0.4, 0.5) is 0 Å². The van der Waals surface area contributed by atoms with Gasteiger partial charge in [-0.2, -0.15) is 0 Å². The van der Waals surface area contributed by atoms with Gasteiger partial charge in [-0.3, -0.25) is 14.6 Å². The Morgan fingerprint density at radius 1 is 1.15 bits per heavy atom. The number of rotatable bonds is 12. The van der Waals surface area contributed by atoms with E-state index in [1.807, 2.05) is 48.5 Å². The monoisotopic (exact) mass is 471 g/mol. The van der Waals surface area contributed by atoms with Crippen molar-refractivity contribution in [2.24, 2.45) is 0 Å². The van der Waals surface area contributed by atoms with E-state index < -0.39 is 0 Å². The third kappa shape index (κ3) is 7.39. The molecule has 1 aromatic heterocycles. The van der Waals surface area contributed by atoms with Crippen LogP contribution in [0.25, 0.3) is 0 Å². The quantitative estimate of drug-likeness (QED) is 0.295. The van der Waals surface area contributed by atoms with Crippen LogP contribution in [0.15, 0.2) is 53.3 Å². The van der Waals surface area contributed by atoms with Gasteiger partial charge >= 0.3 is 10.8 Å². The number of aromatic nitrogens is 1. The minimum absolute atomic E-state index is 0.0731. The summed E-state index contributed by atoms with van der Waals surface area (Å²) < 4.78 is 16.7. The van der Waals surface area contributed by atoms with Crippen LogP contribution in [0.1, 0.15) is 48.1 Å². The lowest BCUT2D eigenvalue weighted by atomic mass is 9.95. The van der Waals surface area contributed by atoms with E-state index >= 15 is 0 Å². The number of aromatic hydroxyl groups is 1. The van der Waals surface area contributed by atoms with Crippen molar-refractivity contribution in [2.45, 2.75) is 38.5 Å². The number of hydrogen-bond donors (Lipinski definition) is 2. The predicted octanol–water partition coefficient (Wildman–Crippen LogP) is 4.64. The van der Waals surface area contributed by atoms with E-state index in [9.17, 15) is 14.7 Å². The molecule has 1 heterocycles. The number of aromatic amines is 1. The van der Waals surface area contributed by atoms with Gasteiger partial charge < -0.3 is 19.3 Å². The fourth-order valence-electron chi connectivity index (χ4n) is 3.42. The highest BCUT2D eigenvalue weighted by atomic mass is 32.1. The zero-order valence-electron chi connectivity index (χ0n) is 18.8. The Kier molecular flexibility index (Phi) is 8.95. The maximum absolute atomic E-state index is 11.4. The van der Waals surface area contributed by atoms with Crippen LogP contribution in [-0.2, 0) is 16.0 Å². The van der Waals surface area contributed by atoms with Gasteiger partial charge in [-0.1, -0.05) is 42.5 Å². The Bertz CT molecular complexity index is 1090. The highest BCUT2D eigenvalue weighted by Crippen LogP contribution is 2.27. The van der Waals surface area contributed by atoms with Gasteiger partial charge in [-0.05, 0) is 48.2 Å². The van der Waals surface area contributed by atoms with Crippen LogP contribution in [0.2, 0.25) is 0 Å². The van der Waals surface area contributed by atoms with Crippen molar-refractivity contribution in [1.82, 2.24) is 4.98 Å². The Morgan fingerprint density at radius 2 is 1.94 bits per heavy atom. The summed E-state index contributed by atoms with van der Waals surface area (Å²) >= 11 is 1.01. The third-order valence-electron chi connectivity index (χ3n) is 5.25. The van der Waals surface area contributed by atoms with Gasteiger partial charge in [-0.15, -0.1) is 0 Å². The molecule has 1 unspecified atom stereocenters. The van der Waals surface area contributed by atoms with Gasteiger partial charge in [0.25, 0.3) is 0 Å². The van der Waals surface area contributed by atoms with E-state index in [1.54, 1.807) is 14.0 Å². The number of carbonyl (C=O) groups is 1. The molecular weight excluding hydrogens is 442 g/mol. The fraction of sp³-hybridized carbons (Fsp3) is 0.360. The minimum atomic E-state index is -0.268. The third-order valence-corrected chi connectivity index (χ3v) is 6.13. The summed E-state index contributed by atoms with van der Waals surface area (Å²) in [5, 5.41) is 9.76. The van der Waals surface area contributed by atoms with Gasteiger partial charge in [-0.25, -0.2) is 0 Å². The lowest BCUT2D eigenvalue weighted by Gasteiger charge is -2.19. The Balaban J connectivity index is 1.61. The Hall–Kier alpha value is -3.26. The van der Waals surface area contributed by atoms with Crippen LogP contribution in [0, 0.1) is 0 Å². The maximum atomic E-state index is 11.4. The molecule has 1 atom stereocenters. The predicted molar refractivity (Wildman–Crippen MR) is 128 cm³/mol. The number of hydrogen-bond acceptors (Lipinski definition) is 7. The summed E-state index contributed by atoms with van der Waals surface area (Å²) in [6.45, 7) is 2.64. The second-order valence-electron chi connectivity index (χ2n) is 7.61. The number of thiazole rings is 1. The van der Waals surface area contributed by atoms with Crippen molar-refractivity contribution in [3.63, 3.8) is 0 Å². The normalized spacial score (nSPS) is 11.7. The van der Waals surface area contributed by atoms with E-state index in [4.69, 9.17) is 14.2 Å². The minimum Gasteiger partial charge on any atom is -0.497 e. The molecule has 33 heavy (non-hydrogen) atoms. The maximum Gasteiger partial charge on any atom is 0.307 e. The smallest absolute Gasteiger partial charge is 0.307 e. The van der Waals surface area contributed by atoms with Crippen LogP contribution in [0.5, 0.6) is 17.4 Å². The molecule has 0 saturated heterocycles. The largest absolute Gasteiger partial charge is 0.497 e. The molecule has 3 rings (SSSR count). The number of esters is 1. The van der Waals surface area contributed by atoms with Crippen molar-refractivity contribution in [3.05, 3.63) is 74.2 Å². The fourth-order valence-corrected chi connectivity index (χ4v) is 4.18. The van der Waals surface area contributed by atoms with E-state index in [-0.39, 0.29) is 22.6 Å². The first-order valence-electron chi connectivity index (χ1n) is 10.9. The van der Waals surface area contributed by atoms with E-state index in [0.717, 1.165) is 46.8 Å². The summed E-state index contributed by atoms with van der Waals surface area (Å²) in [6.07, 6.45) is 2.38. The molecule has 2 N–H and O–H groups in total. The Morgan fingerprint density at radius 3 is 2.61 bits per heavy atom. The molecule has 0 aliphatic carbocycles. The molecule has 7 nitrogen and oxygen atoms in total. The molecule has 3 aromatic rings. The van der Waals surface area contributed by atoms with E-state index in [0.29, 0.717) is 30.9 Å². The molecule has 0 amide bonds. The van der Waals surface area contributed by atoms with Crippen LogP contribution in [0.3, 0.4) is 0 Å². The Labute approximate surface area is 197 Å². The zero-order chi connectivity index (χ0) is 23.6. The molecule has 0 aliphatic heterocycles. The average Bonchev–Trinajstić information content (AvgIpc) is 3.15. The summed E-state index contributed by atoms with van der Waals surface area (Å²) in [4.78, 5) is 25.5. The molecule has 0 fully saturated rings. The standard InChI is InChI=1S/C25H29NO6S/c1-3-23(27)31-13-5-7-19(18-6-4-8-21(15-18)30-2)16-32-20-11-9-17(10-12-20)14-22-24(28)26-25(29)33-22/h4,6,8-12,15,19,28H,3,5,7,13-14,16H2,1-2H3,(H,26,29). The molecule has 0 aliphatic rings. The van der Waals surface area contributed by atoms with E-state index in [1.165, 1.54) is 0 Å². The lowest BCUT2D eigenvalue weighted by Crippen LogP contribution is -2.13. The number of nitrogens with one attached hydrogen (secondary N) is 1. The molecule has 2 aromatic carbocycles. The van der Waals surface area contributed by atoms with Gasteiger partial charge in [0.15, 0.2) is 0 Å². The van der Waals surface area contributed by atoms with Crippen molar-refractivity contribution in [3.8, 4) is 17.4 Å². The second-order valence-corrected chi connectivity index (χ2v) is 8.68. The van der Waals surface area contributed by atoms with Crippen LogP contribution >= 0.6 is 11.3 Å². The number of H-pyrrole nitrogens is 1. The molecule has 0 radical (unpaired) electrons. The van der Waals surface area contributed by atoms with Gasteiger partial charge in [0.2, 0.25) is 5.88 Å². The zero-order valence-corrected chi connectivity index (χ0v) is 19.7. The molecule has 176 valence electrons. The van der Waals surface area contributed by atoms with Crippen molar-refractivity contribution >= 4 is 17.3 Å². The number of benzene rings is 2. The first-order chi connectivity index (χ1) is 16.0. The highest BCUT2D eigenvalue weighted by Gasteiger charge is 2.15. The number of carbonyl (C=O) groups excluding carboxylic acids is 1. The van der Waals surface area contributed by atoms with Crippen LogP contribution in [-0.4, -0.2) is 36.4 Å². The van der Waals surface area contributed by atoms with Crippen LogP contribution < -0.4 is 14.3 Å². The molecule has 0 spiro atoms. The highest BCUT2D eigenvalue weighted by molar-refractivity contribution is 7.09. The second kappa shape index (κ2) is 12.1. The molecule has 8 heteroatoms. The summed E-state index contributed by atoms with van der Waals surface area (Å²) in [6, 6.07) is 15.5. The number of ether oxygens (including phenoxy) is 3.